The number of carbonyl (C=O) groups is 2. The molecule has 712 valence electrons. The number of anilines is 2. The Morgan fingerprint density at radius 1 is 0.466 bits per heavy atom. The van der Waals surface area contributed by atoms with Gasteiger partial charge < -0.3 is 95.8 Å². The predicted molar refractivity (Wildman–Crippen MR) is 484 cm³/mol. The summed E-state index contributed by atoms with van der Waals surface area (Å²) >= 11 is 0. The number of aromatic nitrogens is 10. The summed E-state index contributed by atoms with van der Waals surface area (Å²) in [6, 6.07) is 20.5. The van der Waals surface area contributed by atoms with Gasteiger partial charge in [-0.2, -0.15) is 9.97 Å². The molecule has 0 radical (unpaired) electrons. The Morgan fingerprint density at radius 3 is 1.15 bits per heavy atom. The Bertz CT molecular complexity index is 5510. The minimum absolute atomic E-state index is 0.0132. The van der Waals surface area contributed by atoms with E-state index in [1.807, 2.05) is 48.5 Å². The molecule has 8 N–H and O–H groups in total. The van der Waals surface area contributed by atoms with Gasteiger partial charge in [-0.25, -0.2) is 53.0 Å². The second-order valence-corrected chi connectivity index (χ2v) is 36.1. The van der Waals surface area contributed by atoms with Crippen LogP contribution in [0.3, 0.4) is 0 Å². The number of H-pyrrole nitrogens is 3. The molecule has 2 aromatic carbocycles. The van der Waals surface area contributed by atoms with Gasteiger partial charge in [-0.1, -0.05) is 57.2 Å². The first-order valence-corrected chi connectivity index (χ1v) is 46.6. The number of amides is 2. The van der Waals surface area contributed by atoms with Crippen LogP contribution in [0.2, 0.25) is 0 Å². The molecule has 5 fully saturated rings. The second-order valence-electron chi connectivity index (χ2n) is 32.2. The molecule has 18 atom stereocenters. The maximum absolute atomic E-state index is 13.5. The van der Waals surface area contributed by atoms with Crippen molar-refractivity contribution in [3.05, 3.63) is 249 Å². The average Bonchev–Trinajstić information content (AvgIpc) is 1.66. The lowest BCUT2D eigenvalue weighted by Crippen LogP contribution is -2.36. The van der Waals surface area contributed by atoms with Crippen LogP contribution in [0.4, 0.5) is 11.6 Å². The number of aliphatic hydroxyl groups excluding tert-OH is 3. The number of aryl methyl sites for hydroxylation is 3. The van der Waals surface area contributed by atoms with Gasteiger partial charge in [0, 0.05) is 115 Å². The third-order valence-electron chi connectivity index (χ3n) is 21.3. The normalized spacial score (nSPS) is 23.5. The number of ether oxygens (including phenoxy) is 5. The van der Waals surface area contributed by atoms with Crippen LogP contribution in [0.15, 0.2) is 142 Å². The maximum atomic E-state index is 13.5. The molecule has 0 bridgehead atoms. The van der Waals surface area contributed by atoms with Crippen molar-refractivity contribution in [1.29, 1.82) is 0 Å². The van der Waals surface area contributed by atoms with E-state index >= 15 is 0 Å². The van der Waals surface area contributed by atoms with Crippen molar-refractivity contribution >= 4 is 49.1 Å². The van der Waals surface area contributed by atoms with Gasteiger partial charge in [0.15, 0.2) is 0 Å². The number of benzene rings is 2. The van der Waals surface area contributed by atoms with Crippen molar-refractivity contribution in [2.24, 2.45) is 0 Å². The van der Waals surface area contributed by atoms with Gasteiger partial charge in [-0.15, -0.1) is 0 Å². The lowest BCUT2D eigenvalue weighted by atomic mass is 10.1. The zero-order chi connectivity index (χ0) is 95.4. The molecule has 2 amide bonds. The summed E-state index contributed by atoms with van der Waals surface area (Å²) in [6.45, 7) is 49.2. The molecule has 3 unspecified atom stereocenters. The third kappa shape index (κ3) is 29.1. The van der Waals surface area contributed by atoms with E-state index in [0.717, 1.165) is 0 Å². The van der Waals surface area contributed by atoms with Crippen molar-refractivity contribution in [1.82, 2.24) is 57.1 Å². The SMILES string of the molecule is CC[C@H]1O[C@@H](n2cc(C)c(=O)[nH]c2=O)C[C@@H]1O.O=C(Nc1ccn([C@H]2C[C@H](O)[C@@H](CO)O2)c(=O)n1)c1ccccc1.[C-]#[N+]CCOP(OC[C@H]1O[C@@H](n2ccc(NC(=O)c3ccccc3)nc2=O)C[C@@H]1OP(OCC[N+]#[C-])N(C(C)C)C(C)C)O[C@H]1C[C@H](n2cc(C)c(=O)[nH]c2=O)O[C@@H]1CC.[C-]#[N+]CCOP(O[C@H]1C[C@H](n2cc(C)c(=O)[nH]c2=O)O[C@@H]1CC)N(C(C)C)C(C)C. The first-order chi connectivity index (χ1) is 62.6. The first-order valence-electron chi connectivity index (χ1n) is 43.2. The molecule has 5 aliphatic heterocycles. The largest absolute Gasteiger partial charge is 0.394 e. The van der Waals surface area contributed by atoms with Crippen molar-refractivity contribution in [2.75, 3.05) is 63.3 Å². The summed E-state index contributed by atoms with van der Waals surface area (Å²) in [5.74, 6) is -0.590. The number of hydrogen-bond donors (Lipinski definition) is 8. The molecule has 42 nitrogen and oxygen atoms in total. The summed E-state index contributed by atoms with van der Waals surface area (Å²) in [7, 11) is -5.25. The van der Waals surface area contributed by atoms with Gasteiger partial charge in [0.25, 0.3) is 45.5 Å². The van der Waals surface area contributed by atoms with Gasteiger partial charge in [0.2, 0.25) is 19.6 Å². The van der Waals surface area contributed by atoms with Gasteiger partial charge in [-0.05, 0) is 132 Å². The van der Waals surface area contributed by atoms with Gasteiger partial charge in [0.05, 0.1) is 62.0 Å². The van der Waals surface area contributed by atoms with Crippen molar-refractivity contribution < 1.29 is 80.3 Å². The minimum Gasteiger partial charge on any atom is -0.394 e. The summed E-state index contributed by atoms with van der Waals surface area (Å²) in [5.41, 5.74) is -2.04. The molecule has 0 aliphatic carbocycles. The van der Waals surface area contributed by atoms with E-state index in [9.17, 15) is 58.2 Å². The van der Waals surface area contributed by atoms with Crippen LogP contribution in [0.5, 0.6) is 0 Å². The quantitative estimate of drug-likeness (QED) is 0.0102. The number of aliphatic hydroxyl groups is 3. The lowest BCUT2D eigenvalue weighted by molar-refractivity contribution is -0.0465. The molecule has 0 spiro atoms. The van der Waals surface area contributed by atoms with E-state index in [1.165, 1.54) is 66.0 Å². The highest BCUT2D eigenvalue weighted by molar-refractivity contribution is 7.45. The van der Waals surface area contributed by atoms with E-state index in [4.69, 9.17) is 80.2 Å². The zero-order valence-electron chi connectivity index (χ0n) is 75.6. The first kappa shape index (κ1) is 105. The van der Waals surface area contributed by atoms with Crippen molar-refractivity contribution in [3.63, 3.8) is 0 Å². The maximum Gasteiger partial charge on any atom is 0.351 e. The minimum atomic E-state index is -2.12. The zero-order valence-corrected chi connectivity index (χ0v) is 78.3. The topological polar surface area (TPSA) is 484 Å². The summed E-state index contributed by atoms with van der Waals surface area (Å²) in [5, 5.41) is 33.7. The second kappa shape index (κ2) is 50.9. The van der Waals surface area contributed by atoms with E-state index in [-0.39, 0.29) is 125 Å². The van der Waals surface area contributed by atoms with Crippen LogP contribution in [-0.2, 0) is 55.4 Å². The molecule has 0 saturated carbocycles. The molecule has 12 rings (SSSR count). The number of carbonyl (C=O) groups excluding carboxylic acids is 2. The fraction of sp³-hybridized carbons (Fsp3) is 0.570. The highest BCUT2D eigenvalue weighted by Gasteiger charge is 2.46. The lowest BCUT2D eigenvalue weighted by Gasteiger charge is -2.37. The van der Waals surface area contributed by atoms with Crippen molar-refractivity contribution in [3.8, 4) is 0 Å². The molecule has 5 saturated heterocycles. The molecule has 5 aromatic heterocycles. The van der Waals surface area contributed by atoms with Gasteiger partial charge in [0.1, 0.15) is 74.8 Å². The smallest absolute Gasteiger partial charge is 0.351 e. The van der Waals surface area contributed by atoms with Crippen LogP contribution >= 0.6 is 25.7 Å². The van der Waals surface area contributed by atoms with Crippen LogP contribution in [0.25, 0.3) is 14.5 Å². The standard InChI is InChI=1S/C39H52N8O11P2.C20H33N4O5P.C16H17N3O5.C11H16N2O4/c1-9-29-30(21-35(55-29)46-23-27(6)36(48)44-39(46)51)58-60(53-20-17-41-8)54-24-32-31(57-59(52-19-16-40-7)47(25(2)3)26(4)5)22-34(56-32)45-18-15-33(43-38(45)50)42-37(49)28-13-11-10-12-14-28;1-8-16-17(11-18(28-16)23-12-15(6)19(25)22-20(23)26)29-30(27-10-9-21-7)24(13(2)3)14(4)5;20-9-12-11(21)8-14(24-12)19-7-6-13(18-16(19)23)17-15(22)10-4-2-1-3-5-10;1-3-8-7(14)4-9(17-8)13-5-6(2)10(15)12-11(13)16/h10-15,18,23,25-26,29-32,34-35H,9,16-17,19-22,24H2,1-6H3,(H,44,48,51)(H,42,43,49,50);12-14,16-18H,8-11H2,1-6H3,(H,22,25,26);1-7,11-12,14,20-21H,8-9H2,(H,17,18,22,23);5,7-9,14H,3-4H2,1-2H3,(H,12,15,16)/t29-,30+,31+,32-,34-,35-,59?,60?;16-,17+,18-,30?;11-,12+,14+;7-,8+,9+/m1100/s1. The van der Waals surface area contributed by atoms with Crippen LogP contribution < -0.4 is 55.8 Å². The summed E-state index contributed by atoms with van der Waals surface area (Å²) in [4.78, 5) is 147. The Labute approximate surface area is 760 Å². The molecule has 131 heavy (non-hydrogen) atoms. The monoisotopic (exact) mass is 1880 g/mol. The van der Waals surface area contributed by atoms with E-state index in [2.05, 4.69) is 87.1 Å². The molecule has 5 aliphatic rings. The Hall–Kier alpha value is -9.74. The fourth-order valence-electron chi connectivity index (χ4n) is 14.8. The molecule has 10 heterocycles. The third-order valence-corrected chi connectivity index (χ3v) is 26.8. The van der Waals surface area contributed by atoms with Crippen LogP contribution in [0, 0.1) is 40.5 Å². The molecular formula is C86H118N17O25P3. The Balaban J connectivity index is 0.000000224. The van der Waals surface area contributed by atoms with E-state index in [1.54, 1.807) is 81.4 Å². The van der Waals surface area contributed by atoms with E-state index in [0.29, 0.717) is 66.5 Å². The molecule has 7 aromatic rings. The van der Waals surface area contributed by atoms with Gasteiger partial charge >= 0.3 is 37.1 Å². The number of hydrogen-bond acceptors (Lipinski definition) is 29. The van der Waals surface area contributed by atoms with E-state index < -0.39 is 151 Å². The predicted octanol–water partition coefficient (Wildman–Crippen LogP) is 8.82. The Kier molecular flexibility index (Phi) is 40.8. The highest BCUT2D eigenvalue weighted by Crippen LogP contribution is 2.53. The van der Waals surface area contributed by atoms with Crippen LogP contribution in [-0.4, -0.2) is 222 Å². The number of nitrogens with zero attached hydrogens (tertiary/aromatic N) is 12. The average molecular weight is 1880 g/mol. The van der Waals surface area contributed by atoms with Gasteiger partial charge in [-0.3, -0.25) is 61.8 Å². The highest BCUT2D eigenvalue weighted by atomic mass is 31.2. The van der Waals surface area contributed by atoms with Crippen LogP contribution in [0.1, 0.15) is 196 Å². The number of aromatic amines is 3. The fourth-order valence-corrected chi connectivity index (χ4v) is 19.4. The Morgan fingerprint density at radius 2 is 0.794 bits per heavy atom. The molecule has 45 heteroatoms. The summed E-state index contributed by atoms with van der Waals surface area (Å²) < 4.78 is 84.8. The number of rotatable bonds is 37. The van der Waals surface area contributed by atoms with Crippen molar-refractivity contribution in [2.45, 2.75) is 265 Å². The molecular weight excluding hydrogens is 1760 g/mol. The summed E-state index contributed by atoms with van der Waals surface area (Å²) in [6.07, 6.45) is 2.07. The number of nitrogens with one attached hydrogen (secondary N) is 5.